The molecule has 1 aromatic heterocycles. The number of hydrogen-bond donors (Lipinski definition) is 2. The fourth-order valence-corrected chi connectivity index (χ4v) is 2.19. The summed E-state index contributed by atoms with van der Waals surface area (Å²) in [6.45, 7) is 5.11. The Hall–Kier alpha value is -1.62. The van der Waals surface area contributed by atoms with Crippen molar-refractivity contribution in [3.05, 3.63) is 23.4 Å². The zero-order valence-corrected chi connectivity index (χ0v) is 10.6. The third-order valence-electron chi connectivity index (χ3n) is 3.43. The molecule has 2 N–H and O–H groups in total. The van der Waals surface area contributed by atoms with Crippen molar-refractivity contribution in [3.63, 3.8) is 0 Å². The number of aliphatic hydroxyl groups is 1. The van der Waals surface area contributed by atoms with Crippen LogP contribution >= 0.6 is 0 Å². The second-order valence-electron chi connectivity index (χ2n) is 4.94. The Morgan fingerprint density at radius 3 is 2.83 bits per heavy atom. The van der Waals surface area contributed by atoms with Gasteiger partial charge in [0.05, 0.1) is 11.7 Å². The Balaban J connectivity index is 2.25. The molecule has 0 aromatic carbocycles. The number of hydrogen-bond acceptors (Lipinski definition) is 4. The smallest absolute Gasteiger partial charge is 0.335 e. The molecule has 0 radical (unpaired) electrons. The van der Waals surface area contributed by atoms with E-state index in [2.05, 4.69) is 4.98 Å². The van der Waals surface area contributed by atoms with Crippen molar-refractivity contribution in [2.45, 2.75) is 26.4 Å². The van der Waals surface area contributed by atoms with Gasteiger partial charge in [-0.05, 0) is 31.4 Å². The van der Waals surface area contributed by atoms with Crippen LogP contribution in [-0.2, 0) is 0 Å². The van der Waals surface area contributed by atoms with Gasteiger partial charge in [-0.15, -0.1) is 0 Å². The van der Waals surface area contributed by atoms with Crippen LogP contribution < -0.4 is 4.90 Å². The normalized spacial score (nSPS) is 24.1. The van der Waals surface area contributed by atoms with Gasteiger partial charge in [0.1, 0.15) is 5.82 Å². The van der Waals surface area contributed by atoms with E-state index in [9.17, 15) is 9.90 Å². The van der Waals surface area contributed by atoms with Gasteiger partial charge in [-0.25, -0.2) is 9.78 Å². The van der Waals surface area contributed by atoms with Crippen molar-refractivity contribution in [2.75, 3.05) is 18.0 Å². The monoisotopic (exact) mass is 250 g/mol. The van der Waals surface area contributed by atoms with E-state index in [0.717, 1.165) is 13.0 Å². The Bertz CT molecular complexity index is 462. The van der Waals surface area contributed by atoms with Crippen LogP contribution in [0.5, 0.6) is 0 Å². The SMILES string of the molecule is Cc1cc(C(=O)O)cc(N2CCC(C)C(O)C2)n1. The summed E-state index contributed by atoms with van der Waals surface area (Å²) in [5.74, 6) is -0.0315. The molecule has 5 nitrogen and oxygen atoms in total. The zero-order valence-electron chi connectivity index (χ0n) is 10.6. The average Bonchev–Trinajstić information content (AvgIpc) is 2.31. The number of carboxylic acids is 1. The Morgan fingerprint density at radius 2 is 2.22 bits per heavy atom. The first-order valence-electron chi connectivity index (χ1n) is 6.12. The maximum Gasteiger partial charge on any atom is 0.335 e. The molecule has 2 atom stereocenters. The molecular weight excluding hydrogens is 232 g/mol. The van der Waals surface area contributed by atoms with Crippen LogP contribution in [0.3, 0.4) is 0 Å². The van der Waals surface area contributed by atoms with Crippen molar-refractivity contribution < 1.29 is 15.0 Å². The van der Waals surface area contributed by atoms with Crippen LogP contribution in [0.2, 0.25) is 0 Å². The molecule has 1 aliphatic rings. The van der Waals surface area contributed by atoms with E-state index in [1.807, 2.05) is 11.8 Å². The summed E-state index contributed by atoms with van der Waals surface area (Å²) in [5.41, 5.74) is 0.920. The molecule has 18 heavy (non-hydrogen) atoms. The van der Waals surface area contributed by atoms with E-state index >= 15 is 0 Å². The highest BCUT2D eigenvalue weighted by atomic mass is 16.4. The van der Waals surface area contributed by atoms with Crippen molar-refractivity contribution in [2.24, 2.45) is 5.92 Å². The molecule has 1 fully saturated rings. The molecule has 1 saturated heterocycles. The maximum absolute atomic E-state index is 11.0. The highest BCUT2D eigenvalue weighted by Crippen LogP contribution is 2.23. The van der Waals surface area contributed by atoms with Crippen LogP contribution in [0, 0.1) is 12.8 Å². The summed E-state index contributed by atoms with van der Waals surface area (Å²) >= 11 is 0. The summed E-state index contributed by atoms with van der Waals surface area (Å²) in [5, 5.41) is 18.9. The largest absolute Gasteiger partial charge is 0.478 e. The number of anilines is 1. The third-order valence-corrected chi connectivity index (χ3v) is 3.43. The van der Waals surface area contributed by atoms with E-state index in [0.29, 0.717) is 18.1 Å². The first kappa shape index (κ1) is 12.8. The highest BCUT2D eigenvalue weighted by Gasteiger charge is 2.25. The lowest BCUT2D eigenvalue weighted by Gasteiger charge is -2.35. The number of rotatable bonds is 2. The summed E-state index contributed by atoms with van der Waals surface area (Å²) in [6, 6.07) is 3.12. The summed E-state index contributed by atoms with van der Waals surface area (Å²) < 4.78 is 0. The Morgan fingerprint density at radius 1 is 1.50 bits per heavy atom. The van der Waals surface area contributed by atoms with Gasteiger partial charge in [-0.3, -0.25) is 0 Å². The van der Waals surface area contributed by atoms with Gasteiger partial charge < -0.3 is 15.1 Å². The zero-order chi connectivity index (χ0) is 13.3. The lowest BCUT2D eigenvalue weighted by molar-refractivity contribution is 0.0696. The van der Waals surface area contributed by atoms with Gasteiger partial charge in [0.25, 0.3) is 0 Å². The Labute approximate surface area is 106 Å². The summed E-state index contributed by atoms with van der Waals surface area (Å²) in [7, 11) is 0. The molecule has 2 unspecified atom stereocenters. The van der Waals surface area contributed by atoms with E-state index in [1.54, 1.807) is 19.1 Å². The van der Waals surface area contributed by atoms with E-state index in [-0.39, 0.29) is 17.6 Å². The van der Waals surface area contributed by atoms with Crippen molar-refractivity contribution in [1.29, 1.82) is 0 Å². The molecule has 2 rings (SSSR count). The molecule has 5 heteroatoms. The number of aryl methyl sites for hydroxylation is 1. The molecule has 1 aromatic rings. The van der Waals surface area contributed by atoms with Crippen LogP contribution in [0.4, 0.5) is 5.82 Å². The second-order valence-corrected chi connectivity index (χ2v) is 4.94. The summed E-state index contributed by atoms with van der Waals surface area (Å²) in [4.78, 5) is 17.3. The highest BCUT2D eigenvalue weighted by molar-refractivity contribution is 5.88. The number of pyridine rings is 1. The number of aliphatic hydroxyl groups excluding tert-OH is 1. The molecule has 0 bridgehead atoms. The maximum atomic E-state index is 11.0. The standard InChI is InChI=1S/C13H18N2O3/c1-8-3-4-15(7-11(8)16)12-6-10(13(17)18)5-9(2)14-12/h5-6,8,11,16H,3-4,7H2,1-2H3,(H,17,18). The van der Waals surface area contributed by atoms with E-state index in [4.69, 9.17) is 5.11 Å². The molecule has 1 aliphatic heterocycles. The number of carbonyl (C=O) groups is 1. The summed E-state index contributed by atoms with van der Waals surface area (Å²) in [6.07, 6.45) is 0.508. The van der Waals surface area contributed by atoms with Crippen LogP contribution in [0.15, 0.2) is 12.1 Å². The molecule has 2 heterocycles. The van der Waals surface area contributed by atoms with Gasteiger partial charge in [0.15, 0.2) is 0 Å². The van der Waals surface area contributed by atoms with Gasteiger partial charge in [-0.2, -0.15) is 0 Å². The predicted octanol–water partition coefficient (Wildman–Crippen LogP) is 1.30. The lowest BCUT2D eigenvalue weighted by atomic mass is 9.96. The topological polar surface area (TPSA) is 73.7 Å². The molecule has 98 valence electrons. The number of piperidine rings is 1. The van der Waals surface area contributed by atoms with Crippen molar-refractivity contribution in [1.82, 2.24) is 4.98 Å². The minimum absolute atomic E-state index is 0.241. The fraction of sp³-hybridized carbons (Fsp3) is 0.538. The first-order chi connectivity index (χ1) is 8.47. The number of nitrogens with zero attached hydrogens (tertiary/aromatic N) is 2. The molecule has 0 spiro atoms. The van der Waals surface area contributed by atoms with Gasteiger partial charge in [-0.1, -0.05) is 6.92 Å². The molecule has 0 saturated carbocycles. The van der Waals surface area contributed by atoms with Crippen molar-refractivity contribution in [3.8, 4) is 0 Å². The van der Waals surface area contributed by atoms with Gasteiger partial charge in [0, 0.05) is 18.8 Å². The van der Waals surface area contributed by atoms with Gasteiger partial charge in [0.2, 0.25) is 0 Å². The van der Waals surface area contributed by atoms with Crippen LogP contribution in [0.1, 0.15) is 29.4 Å². The molecule has 0 aliphatic carbocycles. The second kappa shape index (κ2) is 4.94. The number of aromatic nitrogens is 1. The first-order valence-corrected chi connectivity index (χ1v) is 6.12. The van der Waals surface area contributed by atoms with Crippen molar-refractivity contribution >= 4 is 11.8 Å². The fourth-order valence-electron chi connectivity index (χ4n) is 2.19. The van der Waals surface area contributed by atoms with E-state index < -0.39 is 5.97 Å². The number of aromatic carboxylic acids is 1. The number of β-amino-alcohol motifs (C(OH)–C–C–N with tert-alkyl or cyclic N) is 1. The predicted molar refractivity (Wildman–Crippen MR) is 67.9 cm³/mol. The average molecular weight is 250 g/mol. The minimum Gasteiger partial charge on any atom is -0.478 e. The minimum atomic E-state index is -0.951. The van der Waals surface area contributed by atoms with E-state index in [1.165, 1.54) is 0 Å². The quantitative estimate of drug-likeness (QED) is 0.827. The number of carboxylic acid groups (broad SMARTS) is 1. The van der Waals surface area contributed by atoms with Crippen LogP contribution in [0.25, 0.3) is 0 Å². The molecule has 0 amide bonds. The van der Waals surface area contributed by atoms with Crippen LogP contribution in [-0.4, -0.2) is 40.4 Å². The van der Waals surface area contributed by atoms with Gasteiger partial charge >= 0.3 is 5.97 Å². The Kier molecular flexibility index (Phi) is 3.52. The molecular formula is C13H18N2O3. The third kappa shape index (κ3) is 2.61. The lowest BCUT2D eigenvalue weighted by Crippen LogP contribution is -2.43.